The van der Waals surface area contributed by atoms with Crippen LogP contribution in [0.3, 0.4) is 0 Å². The second-order valence-electron chi connectivity index (χ2n) is 6.84. The molecule has 1 N–H and O–H groups in total. The summed E-state index contributed by atoms with van der Waals surface area (Å²) < 4.78 is 1.93. The number of amides is 1. The summed E-state index contributed by atoms with van der Waals surface area (Å²) in [5, 5.41) is 4.09. The fraction of sp³-hybridized carbons (Fsp3) is 0.474. The fourth-order valence-corrected chi connectivity index (χ4v) is 4.52. The number of para-hydroxylation sites is 1. The van der Waals surface area contributed by atoms with Crippen molar-refractivity contribution in [1.82, 2.24) is 9.88 Å². The maximum Gasteiger partial charge on any atom is 0.231 e. The molecule has 0 fully saturated rings. The molecule has 1 unspecified atom stereocenters. The molecule has 4 nitrogen and oxygen atoms in total. The number of aromatic nitrogens is 1. The van der Waals surface area contributed by atoms with Crippen LogP contribution >= 0.6 is 0 Å². The molecule has 0 radical (unpaired) electrons. The number of carbonyl (C=O) groups excluding carboxylic acids is 2. The Kier molecular flexibility index (Phi) is 3.29. The summed E-state index contributed by atoms with van der Waals surface area (Å²) in [6.45, 7) is 2.95. The van der Waals surface area contributed by atoms with Crippen molar-refractivity contribution in [2.24, 2.45) is 0 Å². The Balaban J connectivity index is 2.09. The third-order valence-corrected chi connectivity index (χ3v) is 5.72. The molecule has 0 spiro atoms. The number of rotatable bonds is 1. The van der Waals surface area contributed by atoms with Crippen LogP contribution in [-0.2, 0) is 16.6 Å². The lowest BCUT2D eigenvalue weighted by Crippen LogP contribution is -2.37. The van der Waals surface area contributed by atoms with Crippen LogP contribution in [-0.4, -0.2) is 22.9 Å². The van der Waals surface area contributed by atoms with Gasteiger partial charge in [-0.1, -0.05) is 25.1 Å². The minimum atomic E-state index is 0.0224. The Bertz CT molecular complexity index is 805. The van der Waals surface area contributed by atoms with Crippen molar-refractivity contribution in [3.63, 3.8) is 0 Å². The van der Waals surface area contributed by atoms with E-state index in [9.17, 15) is 9.59 Å². The van der Waals surface area contributed by atoms with Crippen LogP contribution in [0.25, 0.3) is 10.9 Å². The Morgan fingerprint density at radius 3 is 2.87 bits per heavy atom. The number of hydrogen-bond donors (Lipinski definition) is 1. The van der Waals surface area contributed by atoms with Crippen LogP contribution in [0.1, 0.15) is 55.1 Å². The smallest absolute Gasteiger partial charge is 0.231 e. The zero-order valence-electron chi connectivity index (χ0n) is 13.5. The van der Waals surface area contributed by atoms with Gasteiger partial charge in [-0.25, -0.2) is 0 Å². The second-order valence-corrected chi connectivity index (χ2v) is 6.84. The average Bonchev–Trinajstić information content (AvgIpc) is 2.92. The van der Waals surface area contributed by atoms with Crippen LogP contribution in [0.5, 0.6) is 0 Å². The highest BCUT2D eigenvalue weighted by Gasteiger charge is 2.42. The monoisotopic (exact) mass is 310 g/mol. The molecular formula is C19H22N2O2. The molecule has 0 saturated heterocycles. The average molecular weight is 310 g/mol. The van der Waals surface area contributed by atoms with Crippen molar-refractivity contribution >= 4 is 22.7 Å². The van der Waals surface area contributed by atoms with Crippen LogP contribution < -0.4 is 5.32 Å². The number of nitrogens with zero attached hydrogens (tertiary/aromatic N) is 1. The molecule has 1 aromatic carbocycles. The quantitative estimate of drug-likeness (QED) is 0.879. The largest absolute Gasteiger partial charge is 0.356 e. The lowest BCUT2D eigenvalue weighted by Gasteiger charge is -2.38. The van der Waals surface area contributed by atoms with E-state index in [1.807, 2.05) is 22.8 Å². The van der Waals surface area contributed by atoms with E-state index in [-0.39, 0.29) is 17.2 Å². The van der Waals surface area contributed by atoms with Crippen molar-refractivity contribution in [2.45, 2.75) is 50.9 Å². The van der Waals surface area contributed by atoms with Crippen LogP contribution in [0, 0.1) is 0 Å². The molecule has 120 valence electrons. The van der Waals surface area contributed by atoms with Gasteiger partial charge in [-0.3, -0.25) is 14.2 Å². The Morgan fingerprint density at radius 1 is 1.22 bits per heavy atom. The number of hydrogen-bond acceptors (Lipinski definition) is 2. The molecule has 0 aliphatic carbocycles. The molecule has 4 heteroatoms. The lowest BCUT2D eigenvalue weighted by molar-refractivity contribution is -0.120. The van der Waals surface area contributed by atoms with Crippen molar-refractivity contribution in [1.29, 1.82) is 0 Å². The summed E-state index contributed by atoms with van der Waals surface area (Å²) >= 11 is 0. The van der Waals surface area contributed by atoms with E-state index in [1.54, 1.807) is 0 Å². The first-order valence-corrected chi connectivity index (χ1v) is 8.59. The molecule has 1 atom stereocenters. The van der Waals surface area contributed by atoms with Crippen molar-refractivity contribution < 1.29 is 9.59 Å². The molecule has 2 aromatic rings. The number of nitrogens with one attached hydrogen (secondary N) is 1. The van der Waals surface area contributed by atoms with Gasteiger partial charge >= 0.3 is 0 Å². The zero-order chi connectivity index (χ0) is 16.0. The maximum absolute atomic E-state index is 12.7. The molecule has 0 bridgehead atoms. The predicted molar refractivity (Wildman–Crippen MR) is 89.7 cm³/mol. The zero-order valence-corrected chi connectivity index (χ0v) is 13.5. The molecule has 23 heavy (non-hydrogen) atoms. The van der Waals surface area contributed by atoms with Gasteiger partial charge in [-0.2, -0.15) is 0 Å². The Labute approximate surface area is 135 Å². The highest BCUT2D eigenvalue weighted by Crippen LogP contribution is 2.46. The maximum atomic E-state index is 12.7. The van der Waals surface area contributed by atoms with E-state index in [0.717, 1.165) is 54.4 Å². The molecule has 3 heterocycles. The normalized spacial score (nSPS) is 24.6. The minimum absolute atomic E-state index is 0.0224. The van der Waals surface area contributed by atoms with E-state index in [4.69, 9.17) is 0 Å². The first-order valence-electron chi connectivity index (χ1n) is 8.59. The Hall–Kier alpha value is -2.10. The standard InChI is InChI=1S/C19H22N2O2/c1-2-19-9-5-11-20-16(22)12-14-13-6-3-4-7-15(13)21(18(14)19)17(23)8-10-19/h3-4,6-7H,2,5,8-12H2,1H3,(H,20,22). The molecular weight excluding hydrogens is 288 g/mol. The molecule has 4 rings (SSSR count). The summed E-state index contributed by atoms with van der Waals surface area (Å²) in [7, 11) is 0. The molecule has 1 amide bonds. The van der Waals surface area contributed by atoms with Crippen LogP contribution in [0.2, 0.25) is 0 Å². The van der Waals surface area contributed by atoms with Gasteiger partial charge in [-0.05, 0) is 37.3 Å². The topological polar surface area (TPSA) is 51.1 Å². The lowest BCUT2D eigenvalue weighted by atomic mass is 9.71. The SMILES string of the molecule is CCC12CCCNC(=O)Cc3c1n(c1ccccc31)C(=O)CC2. The van der Waals surface area contributed by atoms with Gasteiger partial charge in [0, 0.05) is 29.5 Å². The predicted octanol–water partition coefficient (Wildman–Crippen LogP) is 3.18. The third kappa shape index (κ3) is 2.04. The third-order valence-electron chi connectivity index (χ3n) is 5.72. The highest BCUT2D eigenvalue weighted by atomic mass is 16.2. The highest BCUT2D eigenvalue weighted by molar-refractivity contribution is 5.99. The van der Waals surface area contributed by atoms with Gasteiger partial charge < -0.3 is 5.32 Å². The fourth-order valence-electron chi connectivity index (χ4n) is 4.52. The van der Waals surface area contributed by atoms with Gasteiger partial charge in [0.1, 0.15) is 0 Å². The first-order chi connectivity index (χ1) is 11.2. The van der Waals surface area contributed by atoms with Gasteiger partial charge in [0.25, 0.3) is 0 Å². The second kappa shape index (κ2) is 5.22. The number of fused-ring (bicyclic) bond motifs is 3. The van der Waals surface area contributed by atoms with Crippen molar-refractivity contribution in [3.8, 4) is 0 Å². The van der Waals surface area contributed by atoms with Gasteiger partial charge in [0.15, 0.2) is 0 Å². The van der Waals surface area contributed by atoms with Crippen molar-refractivity contribution in [3.05, 3.63) is 35.5 Å². The molecule has 2 aliphatic heterocycles. The van der Waals surface area contributed by atoms with Gasteiger partial charge in [0.2, 0.25) is 11.8 Å². The molecule has 0 saturated carbocycles. The first kappa shape index (κ1) is 14.5. The molecule has 1 aromatic heterocycles. The van der Waals surface area contributed by atoms with E-state index in [1.165, 1.54) is 0 Å². The van der Waals surface area contributed by atoms with E-state index >= 15 is 0 Å². The van der Waals surface area contributed by atoms with Gasteiger partial charge in [0.05, 0.1) is 11.9 Å². The van der Waals surface area contributed by atoms with Crippen LogP contribution in [0.15, 0.2) is 24.3 Å². The van der Waals surface area contributed by atoms with E-state index in [2.05, 4.69) is 18.3 Å². The summed E-state index contributed by atoms with van der Waals surface area (Å²) in [4.78, 5) is 25.0. The number of benzene rings is 1. The van der Waals surface area contributed by atoms with Crippen LogP contribution in [0.4, 0.5) is 0 Å². The summed E-state index contributed by atoms with van der Waals surface area (Å²) in [5.74, 6) is 0.236. The Morgan fingerprint density at radius 2 is 2.04 bits per heavy atom. The van der Waals surface area contributed by atoms with Gasteiger partial charge in [-0.15, -0.1) is 0 Å². The molecule has 2 aliphatic rings. The van der Waals surface area contributed by atoms with E-state index in [0.29, 0.717) is 12.8 Å². The van der Waals surface area contributed by atoms with E-state index < -0.39 is 0 Å². The summed E-state index contributed by atoms with van der Waals surface area (Å²) in [6, 6.07) is 8.03. The van der Waals surface area contributed by atoms with Crippen molar-refractivity contribution in [2.75, 3.05) is 6.54 Å². The number of carbonyl (C=O) groups is 2. The summed E-state index contributed by atoms with van der Waals surface area (Å²) in [5.41, 5.74) is 3.17. The minimum Gasteiger partial charge on any atom is -0.356 e. The summed E-state index contributed by atoms with van der Waals surface area (Å²) in [6.07, 6.45) is 4.88.